The van der Waals surface area contributed by atoms with E-state index in [2.05, 4.69) is 4.40 Å². The Morgan fingerprint density at radius 2 is 1.15 bits per heavy atom. The van der Waals surface area contributed by atoms with Crippen LogP contribution in [-0.2, 0) is 22.0 Å². The molecule has 0 amide bonds. The standard InChI is InChI=1S/C12H16FNOS.C8H7FO.C4H11NOS/c1-9(14-16(15)12(2,3)4)10-7-5-6-8-11(10)13;1-6(10)7-4-2-3-5-8(7)9;1-4(2,3)7(5)6/h5-8H,1-4H3;2-5H,1H3;5H2,1-3H3/t16-;;/m1../s1. The number of hydrogen-bond donors (Lipinski definition) is 1. The molecule has 0 fully saturated rings. The molecule has 0 aromatic heterocycles. The van der Waals surface area contributed by atoms with Crippen LogP contribution in [0.3, 0.4) is 0 Å². The number of nitrogens with two attached hydrogens (primary N) is 1. The summed E-state index contributed by atoms with van der Waals surface area (Å²) in [5, 5.41) is 5.04. The highest BCUT2D eigenvalue weighted by atomic mass is 32.2. The molecule has 2 aromatic rings. The molecule has 0 radical (unpaired) electrons. The van der Waals surface area contributed by atoms with Crippen molar-refractivity contribution < 1.29 is 22.0 Å². The molecule has 0 aliphatic rings. The summed E-state index contributed by atoms with van der Waals surface area (Å²) in [6.07, 6.45) is 0. The molecule has 0 spiro atoms. The van der Waals surface area contributed by atoms with E-state index in [-0.39, 0.29) is 21.9 Å². The minimum Gasteiger partial charge on any atom is -0.294 e. The number of halogens is 2. The Morgan fingerprint density at radius 3 is 1.42 bits per heavy atom. The fraction of sp³-hybridized carbons (Fsp3) is 0.417. The molecular formula is C24H34F2N2O3S2. The van der Waals surface area contributed by atoms with Crippen LogP contribution < -0.4 is 5.14 Å². The topological polar surface area (TPSA) is 89.6 Å². The van der Waals surface area contributed by atoms with Crippen molar-refractivity contribution in [1.29, 1.82) is 0 Å². The van der Waals surface area contributed by atoms with Gasteiger partial charge in [-0.1, -0.05) is 30.3 Å². The summed E-state index contributed by atoms with van der Waals surface area (Å²) in [6, 6.07) is 12.3. The van der Waals surface area contributed by atoms with E-state index in [0.717, 1.165) is 0 Å². The summed E-state index contributed by atoms with van der Waals surface area (Å²) in [4.78, 5) is 10.6. The summed E-state index contributed by atoms with van der Waals surface area (Å²) in [6.45, 7) is 14.0. The summed E-state index contributed by atoms with van der Waals surface area (Å²) < 4.78 is 51.5. The summed E-state index contributed by atoms with van der Waals surface area (Å²) >= 11 is 0. The number of carbonyl (C=O) groups is 1. The first-order chi connectivity index (χ1) is 15.0. The van der Waals surface area contributed by atoms with Crippen LogP contribution in [0.2, 0.25) is 0 Å². The molecule has 0 saturated carbocycles. The van der Waals surface area contributed by atoms with E-state index in [4.69, 9.17) is 5.14 Å². The second kappa shape index (κ2) is 13.6. The van der Waals surface area contributed by atoms with Gasteiger partial charge in [0.2, 0.25) is 0 Å². The smallest absolute Gasteiger partial charge is 0.162 e. The molecule has 0 bridgehead atoms. The van der Waals surface area contributed by atoms with Crippen molar-refractivity contribution in [1.82, 2.24) is 0 Å². The van der Waals surface area contributed by atoms with Crippen LogP contribution in [0, 0.1) is 11.6 Å². The predicted molar refractivity (Wildman–Crippen MR) is 135 cm³/mol. The zero-order chi connectivity index (χ0) is 26.0. The van der Waals surface area contributed by atoms with Gasteiger partial charge in [-0.15, -0.1) is 0 Å². The maximum Gasteiger partial charge on any atom is 0.162 e. The average Bonchev–Trinajstić information content (AvgIpc) is 2.68. The third-order valence-electron chi connectivity index (χ3n) is 3.86. The third-order valence-corrected chi connectivity index (χ3v) is 6.56. The van der Waals surface area contributed by atoms with Crippen molar-refractivity contribution in [2.75, 3.05) is 0 Å². The zero-order valence-corrected chi connectivity index (χ0v) is 22.1. The zero-order valence-electron chi connectivity index (χ0n) is 20.4. The highest BCUT2D eigenvalue weighted by Gasteiger charge is 2.19. The van der Waals surface area contributed by atoms with E-state index in [1.54, 1.807) is 37.3 Å². The van der Waals surface area contributed by atoms with Gasteiger partial charge in [-0.2, -0.15) is 4.40 Å². The van der Waals surface area contributed by atoms with E-state index in [0.29, 0.717) is 11.3 Å². The Balaban J connectivity index is 0.000000514. The summed E-state index contributed by atoms with van der Waals surface area (Å²) in [7, 11) is -2.54. The predicted octanol–water partition coefficient (Wildman–Crippen LogP) is 5.53. The summed E-state index contributed by atoms with van der Waals surface area (Å²) in [5.74, 6) is -1.03. The van der Waals surface area contributed by atoms with Crippen LogP contribution in [0.25, 0.3) is 0 Å². The molecule has 2 aromatic carbocycles. The Morgan fingerprint density at radius 1 is 0.788 bits per heavy atom. The SMILES string of the molecule is CC(=N[S@](=O)C(C)(C)C)c1ccccc1F.CC(=O)c1ccccc1F.CC(C)(C)S(N)=O. The molecule has 1 unspecified atom stereocenters. The van der Waals surface area contributed by atoms with Crippen molar-refractivity contribution in [3.05, 3.63) is 71.3 Å². The number of Topliss-reactive ketones (excluding diaryl/α,β-unsaturated/α-hetero) is 1. The van der Waals surface area contributed by atoms with Crippen LogP contribution in [0.4, 0.5) is 8.78 Å². The maximum absolute atomic E-state index is 13.4. The van der Waals surface area contributed by atoms with Crippen LogP contribution in [0.15, 0.2) is 52.9 Å². The second-order valence-corrected chi connectivity index (χ2v) is 12.7. The van der Waals surface area contributed by atoms with E-state index in [1.165, 1.54) is 25.1 Å². The van der Waals surface area contributed by atoms with Crippen LogP contribution >= 0.6 is 0 Å². The van der Waals surface area contributed by atoms with Gasteiger partial charge < -0.3 is 0 Å². The number of hydrogen-bond acceptors (Lipinski definition) is 3. The van der Waals surface area contributed by atoms with Crippen molar-refractivity contribution in [3.63, 3.8) is 0 Å². The van der Waals surface area contributed by atoms with E-state index in [1.807, 2.05) is 41.5 Å². The number of ketones is 1. The molecule has 0 heterocycles. The van der Waals surface area contributed by atoms with Crippen molar-refractivity contribution in [2.24, 2.45) is 9.54 Å². The van der Waals surface area contributed by atoms with Gasteiger partial charge in [0.05, 0.1) is 31.8 Å². The maximum atomic E-state index is 13.4. The van der Waals surface area contributed by atoms with Crippen molar-refractivity contribution >= 4 is 33.5 Å². The van der Waals surface area contributed by atoms with E-state index in [9.17, 15) is 22.0 Å². The highest BCUT2D eigenvalue weighted by molar-refractivity contribution is 7.85. The Labute approximate surface area is 201 Å². The Hall–Kier alpha value is -2.10. The lowest BCUT2D eigenvalue weighted by Gasteiger charge is -2.14. The van der Waals surface area contributed by atoms with Crippen LogP contribution in [0.5, 0.6) is 0 Å². The van der Waals surface area contributed by atoms with Gasteiger partial charge in [0, 0.05) is 5.56 Å². The number of nitrogens with zero attached hydrogens (tertiary/aromatic N) is 1. The van der Waals surface area contributed by atoms with Gasteiger partial charge in [0.1, 0.15) is 22.6 Å². The first-order valence-electron chi connectivity index (χ1n) is 10.1. The average molecular weight is 501 g/mol. The Bertz CT molecular complexity index is 1010. The highest BCUT2D eigenvalue weighted by Crippen LogP contribution is 2.15. The monoisotopic (exact) mass is 500 g/mol. The second-order valence-electron chi connectivity index (χ2n) is 8.96. The first kappa shape index (κ1) is 30.9. The normalized spacial score (nSPS) is 13.6. The molecule has 0 saturated heterocycles. The molecule has 2 N–H and O–H groups in total. The quantitative estimate of drug-likeness (QED) is 0.444. The fourth-order valence-electron chi connectivity index (χ4n) is 1.81. The molecule has 0 aliphatic carbocycles. The van der Waals surface area contributed by atoms with Crippen LogP contribution in [0.1, 0.15) is 71.3 Å². The van der Waals surface area contributed by atoms with Gasteiger partial charge in [-0.05, 0) is 73.6 Å². The number of rotatable bonds is 3. The first-order valence-corrected chi connectivity index (χ1v) is 12.4. The van der Waals surface area contributed by atoms with Gasteiger partial charge >= 0.3 is 0 Å². The fourth-order valence-corrected chi connectivity index (χ4v) is 2.43. The molecular weight excluding hydrogens is 466 g/mol. The van der Waals surface area contributed by atoms with Gasteiger partial charge in [0.25, 0.3) is 0 Å². The molecule has 2 rings (SSSR count). The number of benzene rings is 2. The molecule has 2 atom stereocenters. The lowest BCUT2D eigenvalue weighted by Crippen LogP contribution is -2.27. The minimum atomic E-state index is -1.35. The molecule has 5 nitrogen and oxygen atoms in total. The van der Waals surface area contributed by atoms with Gasteiger partial charge in [-0.3, -0.25) is 9.93 Å². The van der Waals surface area contributed by atoms with Crippen molar-refractivity contribution in [2.45, 2.75) is 64.9 Å². The minimum absolute atomic E-state index is 0.155. The lowest BCUT2D eigenvalue weighted by atomic mass is 10.1. The molecule has 9 heteroatoms. The number of carbonyl (C=O) groups excluding carboxylic acids is 1. The van der Waals surface area contributed by atoms with Gasteiger partial charge in [0.15, 0.2) is 5.78 Å². The molecule has 184 valence electrons. The third kappa shape index (κ3) is 12.1. The molecule has 0 aliphatic heterocycles. The lowest BCUT2D eigenvalue weighted by molar-refractivity contribution is 0.101. The van der Waals surface area contributed by atoms with Crippen LogP contribution in [-0.4, -0.2) is 29.4 Å². The largest absolute Gasteiger partial charge is 0.294 e. The Kier molecular flexibility index (Phi) is 12.7. The van der Waals surface area contributed by atoms with Gasteiger partial charge in [-0.25, -0.2) is 17.2 Å². The van der Waals surface area contributed by atoms with Crippen molar-refractivity contribution in [3.8, 4) is 0 Å². The van der Waals surface area contributed by atoms with E-state index < -0.39 is 32.5 Å². The van der Waals surface area contributed by atoms with E-state index >= 15 is 0 Å². The molecule has 33 heavy (non-hydrogen) atoms. The summed E-state index contributed by atoms with van der Waals surface area (Å²) in [5.41, 5.74) is 1.02.